The van der Waals surface area contributed by atoms with Crippen LogP contribution >= 0.6 is 0 Å². The molecule has 0 radical (unpaired) electrons. The second kappa shape index (κ2) is 8.78. The summed E-state index contributed by atoms with van der Waals surface area (Å²) >= 11 is 0. The molecule has 18 heavy (non-hydrogen) atoms. The molecule has 0 saturated heterocycles. The number of carbonyl (C=O) groups is 1. The van der Waals surface area contributed by atoms with Crippen molar-refractivity contribution in [3.8, 4) is 0 Å². The van der Waals surface area contributed by atoms with Gasteiger partial charge in [-0.05, 0) is 25.7 Å². The van der Waals surface area contributed by atoms with Crippen molar-refractivity contribution in [2.24, 2.45) is 22.7 Å². The van der Waals surface area contributed by atoms with Crippen LogP contribution in [0.15, 0.2) is 5.16 Å². The lowest BCUT2D eigenvalue weighted by Gasteiger charge is -2.21. The molecule has 3 unspecified atom stereocenters. The lowest BCUT2D eigenvalue weighted by molar-refractivity contribution is -0.124. The van der Waals surface area contributed by atoms with Gasteiger partial charge in [-0.2, -0.15) is 0 Å². The quantitative estimate of drug-likeness (QED) is 0.269. The first kappa shape index (κ1) is 16.7. The maximum Gasteiger partial charge on any atom is 0.231 e. The summed E-state index contributed by atoms with van der Waals surface area (Å²) in [6, 6.07) is 0.110. The zero-order chi connectivity index (χ0) is 14.1. The normalized spacial score (nSPS) is 17.0. The molecule has 3 atom stereocenters. The average molecular weight is 257 g/mol. The van der Waals surface area contributed by atoms with Crippen molar-refractivity contribution in [3.63, 3.8) is 0 Å². The number of rotatable bonds is 8. The minimum absolute atomic E-state index is 0.00918. The third-order valence-electron chi connectivity index (χ3n) is 3.21. The van der Waals surface area contributed by atoms with Crippen LogP contribution in [0.5, 0.6) is 0 Å². The van der Waals surface area contributed by atoms with E-state index in [1.54, 1.807) is 0 Å². The molecule has 5 heteroatoms. The Hall–Kier alpha value is -1.26. The number of hydrogen-bond acceptors (Lipinski definition) is 3. The Bertz CT molecular complexity index is 279. The van der Waals surface area contributed by atoms with E-state index in [2.05, 4.69) is 24.3 Å². The fourth-order valence-electron chi connectivity index (χ4n) is 1.94. The van der Waals surface area contributed by atoms with Crippen molar-refractivity contribution in [2.75, 3.05) is 0 Å². The molecule has 0 saturated carbocycles. The molecule has 0 aliphatic carbocycles. The molecule has 0 aliphatic heterocycles. The van der Waals surface area contributed by atoms with Gasteiger partial charge in [0.05, 0.1) is 5.92 Å². The monoisotopic (exact) mass is 257 g/mol. The minimum Gasteiger partial charge on any atom is -0.409 e. The van der Waals surface area contributed by atoms with Crippen LogP contribution in [0.4, 0.5) is 0 Å². The van der Waals surface area contributed by atoms with E-state index in [-0.39, 0.29) is 17.8 Å². The van der Waals surface area contributed by atoms with Crippen molar-refractivity contribution in [1.82, 2.24) is 5.32 Å². The van der Waals surface area contributed by atoms with E-state index in [4.69, 9.17) is 10.9 Å². The van der Waals surface area contributed by atoms with Crippen LogP contribution in [0.25, 0.3) is 0 Å². The smallest absolute Gasteiger partial charge is 0.231 e. The van der Waals surface area contributed by atoms with Crippen LogP contribution in [-0.4, -0.2) is 23.0 Å². The summed E-state index contributed by atoms with van der Waals surface area (Å²) in [4.78, 5) is 12.0. The van der Waals surface area contributed by atoms with E-state index in [9.17, 15) is 4.79 Å². The number of oxime groups is 1. The molecule has 0 aromatic rings. The second-order valence-electron chi connectivity index (χ2n) is 5.02. The van der Waals surface area contributed by atoms with E-state index < -0.39 is 5.92 Å². The lowest BCUT2D eigenvalue weighted by atomic mass is 9.98. The maximum atomic E-state index is 12.0. The Kier molecular flexibility index (Phi) is 8.16. The van der Waals surface area contributed by atoms with Gasteiger partial charge in [0.2, 0.25) is 5.91 Å². The molecule has 0 heterocycles. The zero-order valence-electron chi connectivity index (χ0n) is 11.9. The molecule has 0 fully saturated rings. The highest BCUT2D eigenvalue weighted by Gasteiger charge is 2.23. The molecule has 106 valence electrons. The average Bonchev–Trinajstić information content (AvgIpc) is 2.34. The van der Waals surface area contributed by atoms with Crippen LogP contribution in [0, 0.1) is 11.8 Å². The Labute approximate surface area is 110 Å². The van der Waals surface area contributed by atoms with Gasteiger partial charge in [-0.1, -0.05) is 38.8 Å². The zero-order valence-corrected chi connectivity index (χ0v) is 11.9. The highest BCUT2D eigenvalue weighted by Crippen LogP contribution is 2.12. The minimum atomic E-state index is -0.528. The molecule has 0 spiro atoms. The summed E-state index contributed by atoms with van der Waals surface area (Å²) in [5.74, 6) is -0.110. The fraction of sp³-hybridized carbons (Fsp3) is 0.846. The summed E-state index contributed by atoms with van der Waals surface area (Å²) < 4.78 is 0. The first-order chi connectivity index (χ1) is 8.46. The molecule has 4 N–H and O–H groups in total. The second-order valence-corrected chi connectivity index (χ2v) is 5.02. The largest absolute Gasteiger partial charge is 0.409 e. The van der Waals surface area contributed by atoms with Gasteiger partial charge in [0.25, 0.3) is 0 Å². The summed E-state index contributed by atoms with van der Waals surface area (Å²) in [7, 11) is 0. The Morgan fingerprint density at radius 2 is 2.00 bits per heavy atom. The van der Waals surface area contributed by atoms with Gasteiger partial charge >= 0.3 is 0 Å². The lowest BCUT2D eigenvalue weighted by Crippen LogP contribution is -2.43. The SMILES string of the molecule is CCCC(C(=O)NC(C)CC(C)CC)C(N)=NO. The Morgan fingerprint density at radius 1 is 1.39 bits per heavy atom. The molecular weight excluding hydrogens is 230 g/mol. The number of amides is 1. The van der Waals surface area contributed by atoms with Crippen molar-refractivity contribution in [2.45, 2.75) is 59.4 Å². The van der Waals surface area contributed by atoms with Gasteiger partial charge in [0, 0.05) is 6.04 Å². The number of nitrogens with two attached hydrogens (primary N) is 1. The maximum absolute atomic E-state index is 12.0. The molecule has 0 aromatic carbocycles. The molecule has 0 aromatic heterocycles. The van der Waals surface area contributed by atoms with Gasteiger partial charge in [0.1, 0.15) is 0 Å². The van der Waals surface area contributed by atoms with E-state index in [1.807, 2.05) is 13.8 Å². The number of amidine groups is 1. The van der Waals surface area contributed by atoms with E-state index >= 15 is 0 Å². The Balaban J connectivity index is 4.42. The van der Waals surface area contributed by atoms with Crippen molar-refractivity contribution in [3.05, 3.63) is 0 Å². The highest BCUT2D eigenvalue weighted by atomic mass is 16.4. The predicted molar refractivity (Wildman–Crippen MR) is 73.5 cm³/mol. The molecule has 5 nitrogen and oxygen atoms in total. The Morgan fingerprint density at radius 3 is 2.44 bits per heavy atom. The molecule has 0 rings (SSSR count). The fourth-order valence-corrected chi connectivity index (χ4v) is 1.94. The van der Waals surface area contributed by atoms with Crippen LogP contribution in [0.2, 0.25) is 0 Å². The van der Waals surface area contributed by atoms with E-state index in [1.165, 1.54) is 0 Å². The third kappa shape index (κ3) is 5.89. The van der Waals surface area contributed by atoms with Crippen molar-refractivity contribution >= 4 is 11.7 Å². The van der Waals surface area contributed by atoms with Crippen LogP contribution in [-0.2, 0) is 4.79 Å². The standard InChI is InChI=1S/C13H27N3O2/c1-5-7-11(12(14)16-18)13(17)15-10(4)8-9(3)6-2/h9-11,18H,5-8H2,1-4H3,(H2,14,16)(H,15,17). The molecule has 0 bridgehead atoms. The van der Waals surface area contributed by atoms with Crippen molar-refractivity contribution in [1.29, 1.82) is 0 Å². The van der Waals surface area contributed by atoms with Gasteiger partial charge < -0.3 is 16.3 Å². The molecule has 0 aliphatic rings. The van der Waals surface area contributed by atoms with Crippen molar-refractivity contribution < 1.29 is 10.0 Å². The number of hydrogen-bond donors (Lipinski definition) is 3. The molecule has 1 amide bonds. The first-order valence-electron chi connectivity index (χ1n) is 6.73. The third-order valence-corrected chi connectivity index (χ3v) is 3.21. The predicted octanol–water partition coefficient (Wildman–Crippen LogP) is 2.09. The van der Waals surface area contributed by atoms with E-state index in [0.29, 0.717) is 12.3 Å². The highest BCUT2D eigenvalue weighted by molar-refractivity contribution is 6.02. The van der Waals surface area contributed by atoms with Gasteiger partial charge in [-0.25, -0.2) is 0 Å². The first-order valence-corrected chi connectivity index (χ1v) is 6.73. The molecular formula is C13H27N3O2. The summed E-state index contributed by atoms with van der Waals surface area (Å²) in [6.45, 7) is 8.25. The summed E-state index contributed by atoms with van der Waals surface area (Å²) in [5, 5.41) is 14.6. The van der Waals surface area contributed by atoms with Crippen LogP contribution in [0.3, 0.4) is 0 Å². The topological polar surface area (TPSA) is 87.7 Å². The van der Waals surface area contributed by atoms with E-state index in [0.717, 1.165) is 19.3 Å². The number of nitrogens with one attached hydrogen (secondary N) is 1. The van der Waals surface area contributed by atoms with Gasteiger partial charge in [0.15, 0.2) is 5.84 Å². The van der Waals surface area contributed by atoms with Crippen LogP contribution in [0.1, 0.15) is 53.4 Å². The van der Waals surface area contributed by atoms with Gasteiger partial charge in [-0.15, -0.1) is 0 Å². The summed E-state index contributed by atoms with van der Waals surface area (Å²) in [5.41, 5.74) is 5.55. The number of nitrogens with zero attached hydrogens (tertiary/aromatic N) is 1. The van der Waals surface area contributed by atoms with Crippen LogP contribution < -0.4 is 11.1 Å². The number of carbonyl (C=O) groups excluding carboxylic acids is 1. The summed E-state index contributed by atoms with van der Waals surface area (Å²) in [6.07, 6.45) is 3.45. The van der Waals surface area contributed by atoms with Gasteiger partial charge in [-0.3, -0.25) is 4.79 Å².